The molecule has 6 heteroatoms. The summed E-state index contributed by atoms with van der Waals surface area (Å²) in [6.07, 6.45) is 6.70. The standard InChI is InChI=1S/C18H23BrN4O/c1-12(2)18-17(21-11-24-18)10-23-15-4-16(23)9-22(8-15)7-13-3-14(19)6-20-5-13/h3,5-6,11-12,15-16H,4,7-10H2,1-2H3. The molecule has 2 aromatic rings. The highest BCUT2D eigenvalue weighted by molar-refractivity contribution is 9.10. The molecule has 0 N–H and O–H groups in total. The first kappa shape index (κ1) is 16.2. The Morgan fingerprint density at radius 1 is 1.25 bits per heavy atom. The van der Waals surface area contributed by atoms with Crippen molar-refractivity contribution in [3.05, 3.63) is 46.3 Å². The van der Waals surface area contributed by atoms with Crippen molar-refractivity contribution >= 4 is 15.9 Å². The van der Waals surface area contributed by atoms with Crippen molar-refractivity contribution in [2.75, 3.05) is 13.1 Å². The smallest absolute Gasteiger partial charge is 0.181 e. The molecule has 128 valence electrons. The lowest BCUT2D eigenvalue weighted by molar-refractivity contribution is -0.0783. The number of nitrogens with zero attached hydrogens (tertiary/aromatic N) is 4. The second-order valence-corrected chi connectivity index (χ2v) is 8.15. The largest absolute Gasteiger partial charge is 0.448 e. The molecule has 0 aromatic carbocycles. The third-order valence-electron chi connectivity index (χ3n) is 5.12. The van der Waals surface area contributed by atoms with Crippen LogP contribution >= 0.6 is 15.9 Å². The number of hydrogen-bond donors (Lipinski definition) is 0. The quantitative estimate of drug-likeness (QED) is 0.782. The van der Waals surface area contributed by atoms with Gasteiger partial charge in [-0.25, -0.2) is 4.98 Å². The van der Waals surface area contributed by atoms with Crippen LogP contribution in [0.15, 0.2) is 33.7 Å². The average molecular weight is 391 g/mol. The van der Waals surface area contributed by atoms with E-state index in [2.05, 4.69) is 55.6 Å². The summed E-state index contributed by atoms with van der Waals surface area (Å²) in [6.45, 7) is 8.47. The molecule has 5 rings (SSSR count). The van der Waals surface area contributed by atoms with Crippen LogP contribution in [-0.4, -0.2) is 44.9 Å². The van der Waals surface area contributed by atoms with E-state index < -0.39 is 0 Å². The monoisotopic (exact) mass is 390 g/mol. The lowest BCUT2D eigenvalue weighted by Crippen LogP contribution is -2.67. The number of piperazine rings is 1. The van der Waals surface area contributed by atoms with Crippen molar-refractivity contribution in [3.63, 3.8) is 0 Å². The number of rotatable bonds is 5. The van der Waals surface area contributed by atoms with Gasteiger partial charge in [0.25, 0.3) is 0 Å². The minimum Gasteiger partial charge on any atom is -0.448 e. The number of aromatic nitrogens is 2. The molecule has 5 heterocycles. The van der Waals surface area contributed by atoms with Crippen molar-refractivity contribution in [2.45, 2.75) is 51.4 Å². The van der Waals surface area contributed by atoms with E-state index in [4.69, 9.17) is 4.42 Å². The molecular weight excluding hydrogens is 368 g/mol. The summed E-state index contributed by atoms with van der Waals surface area (Å²) in [4.78, 5) is 13.9. The summed E-state index contributed by atoms with van der Waals surface area (Å²) >= 11 is 3.50. The SMILES string of the molecule is CC(C)c1ocnc1CN1C2CC1CN(Cc1cncc(Br)c1)C2. The summed E-state index contributed by atoms with van der Waals surface area (Å²) in [6, 6.07) is 3.44. The van der Waals surface area contributed by atoms with Crippen molar-refractivity contribution in [2.24, 2.45) is 0 Å². The van der Waals surface area contributed by atoms with Gasteiger partial charge in [-0.15, -0.1) is 0 Å². The number of pyridine rings is 1. The maximum Gasteiger partial charge on any atom is 0.181 e. The molecule has 2 unspecified atom stereocenters. The van der Waals surface area contributed by atoms with Crippen molar-refractivity contribution in [1.82, 2.24) is 19.8 Å². The van der Waals surface area contributed by atoms with E-state index in [1.54, 1.807) is 6.39 Å². The van der Waals surface area contributed by atoms with Gasteiger partial charge in [-0.2, -0.15) is 0 Å². The third kappa shape index (κ3) is 3.15. The number of oxazole rings is 1. The first-order valence-electron chi connectivity index (χ1n) is 8.60. The van der Waals surface area contributed by atoms with Crippen LogP contribution in [0.5, 0.6) is 0 Å². The molecule has 3 saturated heterocycles. The lowest BCUT2D eigenvalue weighted by atomic mass is 9.86. The molecule has 24 heavy (non-hydrogen) atoms. The van der Waals surface area contributed by atoms with Crippen molar-refractivity contribution < 1.29 is 4.42 Å². The molecule has 5 nitrogen and oxygen atoms in total. The zero-order valence-corrected chi connectivity index (χ0v) is 15.7. The van der Waals surface area contributed by atoms with Crippen LogP contribution in [0.25, 0.3) is 0 Å². The zero-order chi connectivity index (χ0) is 16.7. The van der Waals surface area contributed by atoms with E-state index in [9.17, 15) is 0 Å². The summed E-state index contributed by atoms with van der Waals surface area (Å²) in [7, 11) is 0. The Labute approximate surface area is 151 Å². The van der Waals surface area contributed by atoms with Gasteiger partial charge in [0.05, 0.1) is 5.69 Å². The van der Waals surface area contributed by atoms with Crippen LogP contribution in [0.3, 0.4) is 0 Å². The van der Waals surface area contributed by atoms with E-state index >= 15 is 0 Å². The van der Waals surface area contributed by atoms with E-state index in [0.29, 0.717) is 18.0 Å². The first-order chi connectivity index (χ1) is 11.6. The van der Waals surface area contributed by atoms with Crippen LogP contribution in [-0.2, 0) is 13.1 Å². The summed E-state index contributed by atoms with van der Waals surface area (Å²) in [5.41, 5.74) is 2.39. The second kappa shape index (κ2) is 6.58. The van der Waals surface area contributed by atoms with Gasteiger partial charge in [0, 0.05) is 61.0 Å². The van der Waals surface area contributed by atoms with Gasteiger partial charge in [0.2, 0.25) is 0 Å². The molecule has 2 bridgehead atoms. The normalized spacial score (nSPS) is 24.3. The predicted octanol–water partition coefficient (Wildman–Crippen LogP) is 3.41. The van der Waals surface area contributed by atoms with E-state index in [-0.39, 0.29) is 0 Å². The highest BCUT2D eigenvalue weighted by atomic mass is 79.9. The Hall–Kier alpha value is -1.24. The first-order valence-corrected chi connectivity index (χ1v) is 9.39. The second-order valence-electron chi connectivity index (χ2n) is 7.24. The molecular formula is C18H23BrN4O. The van der Waals surface area contributed by atoms with Crippen LogP contribution < -0.4 is 0 Å². The Kier molecular flexibility index (Phi) is 4.45. The zero-order valence-electron chi connectivity index (χ0n) is 14.2. The molecule has 0 saturated carbocycles. The van der Waals surface area contributed by atoms with Crippen LogP contribution in [0, 0.1) is 0 Å². The van der Waals surface area contributed by atoms with Gasteiger partial charge >= 0.3 is 0 Å². The van der Waals surface area contributed by atoms with Crippen molar-refractivity contribution in [1.29, 1.82) is 0 Å². The molecule has 0 amide bonds. The Bertz CT molecular complexity index is 705. The van der Waals surface area contributed by atoms with Gasteiger partial charge in [-0.05, 0) is 34.0 Å². The topological polar surface area (TPSA) is 45.4 Å². The molecule has 0 aliphatic carbocycles. The van der Waals surface area contributed by atoms with E-state index in [1.165, 1.54) is 12.0 Å². The van der Waals surface area contributed by atoms with Crippen LogP contribution in [0.4, 0.5) is 0 Å². The number of piperidine rings is 1. The predicted molar refractivity (Wildman–Crippen MR) is 95.5 cm³/mol. The summed E-state index contributed by atoms with van der Waals surface area (Å²) < 4.78 is 6.62. The van der Waals surface area contributed by atoms with Crippen molar-refractivity contribution in [3.8, 4) is 0 Å². The fourth-order valence-electron chi connectivity index (χ4n) is 4.00. The molecule has 2 atom stereocenters. The molecule has 2 aromatic heterocycles. The average Bonchev–Trinajstić information content (AvgIpc) is 3.01. The third-order valence-corrected chi connectivity index (χ3v) is 5.55. The van der Waals surface area contributed by atoms with Gasteiger partial charge in [-0.1, -0.05) is 13.8 Å². The van der Waals surface area contributed by atoms with Crippen LogP contribution in [0.2, 0.25) is 0 Å². The molecule has 0 radical (unpaired) electrons. The highest BCUT2D eigenvalue weighted by Gasteiger charge is 2.44. The Morgan fingerprint density at radius 3 is 2.75 bits per heavy atom. The fourth-order valence-corrected chi connectivity index (χ4v) is 4.41. The molecule has 3 aliphatic rings. The van der Waals surface area contributed by atoms with Gasteiger partial charge in [0.1, 0.15) is 5.76 Å². The number of hydrogen-bond acceptors (Lipinski definition) is 5. The Morgan fingerprint density at radius 2 is 2.04 bits per heavy atom. The molecule has 3 fully saturated rings. The molecule has 0 spiro atoms. The van der Waals surface area contributed by atoms with Gasteiger partial charge < -0.3 is 4.42 Å². The van der Waals surface area contributed by atoms with Gasteiger partial charge in [-0.3, -0.25) is 14.8 Å². The number of fused-ring (bicyclic) bond motifs is 2. The van der Waals surface area contributed by atoms with E-state index in [1.807, 2.05) is 12.4 Å². The Balaban J connectivity index is 1.37. The highest BCUT2D eigenvalue weighted by Crippen LogP contribution is 2.35. The summed E-state index contributed by atoms with van der Waals surface area (Å²) in [5.74, 6) is 1.43. The minimum absolute atomic E-state index is 0.393. The van der Waals surface area contributed by atoms with Gasteiger partial charge in [0.15, 0.2) is 6.39 Å². The molecule has 3 aliphatic heterocycles. The fraction of sp³-hybridized carbons (Fsp3) is 0.556. The van der Waals surface area contributed by atoms with E-state index in [0.717, 1.165) is 42.1 Å². The lowest BCUT2D eigenvalue weighted by Gasteiger charge is -2.56. The maximum absolute atomic E-state index is 5.57. The minimum atomic E-state index is 0.393. The van der Waals surface area contributed by atoms with Crippen LogP contribution in [0.1, 0.15) is 43.2 Å². The maximum atomic E-state index is 5.57. The number of halogens is 1. The summed E-state index contributed by atoms with van der Waals surface area (Å²) in [5, 5.41) is 0.